The second-order valence-corrected chi connectivity index (χ2v) is 5.03. The topological polar surface area (TPSA) is 192 Å². The highest BCUT2D eigenvalue weighted by Gasteiger charge is 2.09. The van der Waals surface area contributed by atoms with E-state index in [1.165, 1.54) is 19.3 Å². The number of carboxylic acids is 2. The molecular formula is C16H24N4O6. The molecule has 0 radical (unpaired) electrons. The van der Waals surface area contributed by atoms with Gasteiger partial charge in [-0.05, 0) is 36.6 Å². The van der Waals surface area contributed by atoms with Crippen molar-refractivity contribution in [3.05, 3.63) is 29.8 Å². The third kappa shape index (κ3) is 10.5. The number of ether oxygens (including phenoxy) is 1. The van der Waals surface area contributed by atoms with Gasteiger partial charge in [-0.25, -0.2) is 4.79 Å². The van der Waals surface area contributed by atoms with E-state index < -0.39 is 18.0 Å². The van der Waals surface area contributed by atoms with E-state index in [9.17, 15) is 14.7 Å². The molecule has 10 nitrogen and oxygen atoms in total. The zero-order valence-electron chi connectivity index (χ0n) is 14.3. The van der Waals surface area contributed by atoms with Crippen LogP contribution in [0.15, 0.2) is 24.3 Å². The monoisotopic (exact) mass is 368 g/mol. The Hall–Kier alpha value is -3.27. The van der Waals surface area contributed by atoms with Crippen molar-refractivity contribution in [1.29, 1.82) is 5.41 Å². The molecule has 0 aliphatic carbocycles. The molecule has 0 bridgehead atoms. The lowest BCUT2D eigenvalue weighted by Crippen LogP contribution is -2.34. The van der Waals surface area contributed by atoms with Crippen molar-refractivity contribution in [2.45, 2.75) is 18.9 Å². The Kier molecular flexibility index (Phi) is 10.6. The maximum Gasteiger partial charge on any atom is 0.328 e. The summed E-state index contributed by atoms with van der Waals surface area (Å²) >= 11 is 0. The molecular weight excluding hydrogens is 344 g/mol. The van der Waals surface area contributed by atoms with Crippen LogP contribution in [-0.4, -0.2) is 52.9 Å². The maximum atomic E-state index is 10.2. The van der Waals surface area contributed by atoms with E-state index in [2.05, 4.69) is 5.32 Å². The molecule has 0 aromatic heterocycles. The molecule has 0 amide bonds. The summed E-state index contributed by atoms with van der Waals surface area (Å²) in [6.07, 6.45) is 3.42. The van der Waals surface area contributed by atoms with E-state index in [-0.39, 0.29) is 11.7 Å². The average molecular weight is 368 g/mol. The SMILES string of the molecule is COc1cc(C=CC(=O)O)ccc1O.N=C(N)NCCC[C@H](N)C(=O)O. The van der Waals surface area contributed by atoms with Gasteiger partial charge in [0.2, 0.25) is 0 Å². The molecule has 0 aliphatic rings. The Balaban J connectivity index is 0.000000488. The quantitative estimate of drug-likeness (QED) is 0.145. The minimum atomic E-state index is -1.02. The summed E-state index contributed by atoms with van der Waals surface area (Å²) in [5.74, 6) is -1.79. The third-order valence-electron chi connectivity index (χ3n) is 2.95. The highest BCUT2D eigenvalue weighted by molar-refractivity contribution is 5.85. The second-order valence-electron chi connectivity index (χ2n) is 5.03. The summed E-state index contributed by atoms with van der Waals surface area (Å²) in [7, 11) is 1.43. The number of benzene rings is 1. The number of hydrogen-bond donors (Lipinski definition) is 7. The van der Waals surface area contributed by atoms with Gasteiger partial charge in [-0.1, -0.05) is 6.07 Å². The van der Waals surface area contributed by atoms with Gasteiger partial charge in [0.15, 0.2) is 17.5 Å². The number of carbonyl (C=O) groups is 2. The number of nitrogens with one attached hydrogen (secondary N) is 2. The van der Waals surface area contributed by atoms with E-state index >= 15 is 0 Å². The Labute approximate surface area is 150 Å². The molecule has 9 N–H and O–H groups in total. The summed E-state index contributed by atoms with van der Waals surface area (Å²) < 4.78 is 4.86. The second kappa shape index (κ2) is 12.1. The van der Waals surface area contributed by atoms with Crippen LogP contribution in [0.3, 0.4) is 0 Å². The van der Waals surface area contributed by atoms with E-state index in [4.69, 9.17) is 31.8 Å². The van der Waals surface area contributed by atoms with E-state index in [1.807, 2.05) is 0 Å². The van der Waals surface area contributed by atoms with Gasteiger partial charge in [0, 0.05) is 12.6 Å². The van der Waals surface area contributed by atoms with Crippen molar-refractivity contribution in [3.8, 4) is 11.5 Å². The van der Waals surface area contributed by atoms with Gasteiger partial charge in [0.25, 0.3) is 0 Å². The standard InChI is InChI=1S/C10H10O4.C6H14N4O2/c1-14-9-6-7(2-4-8(9)11)3-5-10(12)13;7-4(5(11)12)2-1-3-10-6(8)9/h2-6,11H,1H3,(H,12,13);4H,1-3,7H2,(H,11,12)(H4,8,9,10)/t;4-/m.0/s1. The molecule has 0 spiro atoms. The smallest absolute Gasteiger partial charge is 0.328 e. The number of hydrogen-bond acceptors (Lipinski definition) is 6. The summed E-state index contributed by atoms with van der Waals surface area (Å²) in [5.41, 5.74) is 10.9. The lowest BCUT2D eigenvalue weighted by atomic mass is 10.2. The number of nitrogens with two attached hydrogens (primary N) is 2. The minimum Gasteiger partial charge on any atom is -0.504 e. The fraction of sp³-hybridized carbons (Fsp3) is 0.312. The summed E-state index contributed by atoms with van der Waals surface area (Å²) in [6.45, 7) is 0.482. The van der Waals surface area contributed by atoms with Crippen molar-refractivity contribution in [2.24, 2.45) is 11.5 Å². The summed E-state index contributed by atoms with van der Waals surface area (Å²) in [5, 5.41) is 35.3. The van der Waals surface area contributed by atoms with E-state index in [0.29, 0.717) is 30.7 Å². The number of rotatable bonds is 8. The van der Waals surface area contributed by atoms with Crippen LogP contribution in [0.4, 0.5) is 0 Å². The Morgan fingerprint density at radius 3 is 2.54 bits per heavy atom. The summed E-state index contributed by atoms with van der Waals surface area (Å²) in [6, 6.07) is 3.77. The Morgan fingerprint density at radius 2 is 2.04 bits per heavy atom. The molecule has 1 aromatic carbocycles. The minimum absolute atomic E-state index is 0.0278. The lowest BCUT2D eigenvalue weighted by molar-refractivity contribution is -0.138. The van der Waals surface area contributed by atoms with Crippen LogP contribution in [0.2, 0.25) is 0 Å². The van der Waals surface area contributed by atoms with Gasteiger partial charge in [-0.2, -0.15) is 0 Å². The molecule has 10 heteroatoms. The zero-order valence-corrected chi connectivity index (χ0v) is 14.3. The van der Waals surface area contributed by atoms with Gasteiger partial charge in [-0.15, -0.1) is 0 Å². The Morgan fingerprint density at radius 1 is 1.38 bits per heavy atom. The average Bonchev–Trinajstić information content (AvgIpc) is 2.58. The van der Waals surface area contributed by atoms with Gasteiger partial charge >= 0.3 is 11.9 Å². The number of phenolic OH excluding ortho intramolecular Hbond substituents is 1. The first kappa shape index (κ1) is 22.7. The zero-order chi connectivity index (χ0) is 20.1. The fourth-order valence-electron chi connectivity index (χ4n) is 1.63. The van der Waals surface area contributed by atoms with E-state index in [1.54, 1.807) is 12.1 Å². The molecule has 0 aliphatic heterocycles. The third-order valence-corrected chi connectivity index (χ3v) is 2.95. The highest BCUT2D eigenvalue weighted by atomic mass is 16.5. The van der Waals surface area contributed by atoms with Crippen LogP contribution < -0.4 is 21.5 Å². The van der Waals surface area contributed by atoms with E-state index in [0.717, 1.165) is 6.08 Å². The van der Waals surface area contributed by atoms with Crippen LogP contribution in [0, 0.1) is 5.41 Å². The number of phenols is 1. The number of aromatic hydroxyl groups is 1. The molecule has 144 valence electrons. The van der Waals surface area contributed by atoms with Crippen molar-refractivity contribution >= 4 is 24.0 Å². The molecule has 0 fully saturated rings. The first-order chi connectivity index (χ1) is 12.2. The molecule has 1 aromatic rings. The van der Waals surface area contributed by atoms with Crippen LogP contribution >= 0.6 is 0 Å². The Bertz CT molecular complexity index is 648. The number of carboxylic acid groups (broad SMARTS) is 2. The highest BCUT2D eigenvalue weighted by Crippen LogP contribution is 2.26. The van der Waals surface area contributed by atoms with Gasteiger partial charge in [0.05, 0.1) is 7.11 Å². The molecule has 0 saturated heterocycles. The normalized spacial score (nSPS) is 11.2. The van der Waals surface area contributed by atoms with Crippen molar-refractivity contribution in [3.63, 3.8) is 0 Å². The predicted octanol–water partition coefficient (Wildman–Crippen LogP) is 0.160. The first-order valence-corrected chi connectivity index (χ1v) is 7.51. The fourth-order valence-corrected chi connectivity index (χ4v) is 1.63. The van der Waals surface area contributed by atoms with Crippen LogP contribution in [0.5, 0.6) is 11.5 Å². The summed E-state index contributed by atoms with van der Waals surface area (Å²) in [4.78, 5) is 20.4. The predicted molar refractivity (Wildman–Crippen MR) is 96.1 cm³/mol. The van der Waals surface area contributed by atoms with Crippen LogP contribution in [-0.2, 0) is 9.59 Å². The maximum absolute atomic E-state index is 10.2. The van der Waals surface area contributed by atoms with Gasteiger partial charge in [-0.3, -0.25) is 10.2 Å². The van der Waals surface area contributed by atoms with Crippen molar-refractivity contribution in [2.75, 3.05) is 13.7 Å². The molecule has 0 unspecified atom stereocenters. The number of aliphatic carboxylic acids is 2. The molecule has 1 rings (SSSR count). The largest absolute Gasteiger partial charge is 0.504 e. The number of guanidine groups is 1. The lowest BCUT2D eigenvalue weighted by Gasteiger charge is -2.06. The van der Waals surface area contributed by atoms with Gasteiger partial charge in [0.1, 0.15) is 6.04 Å². The molecule has 1 atom stereocenters. The van der Waals surface area contributed by atoms with Gasteiger partial charge < -0.3 is 36.8 Å². The molecule has 26 heavy (non-hydrogen) atoms. The molecule has 0 heterocycles. The first-order valence-electron chi connectivity index (χ1n) is 7.51. The van der Waals surface area contributed by atoms with Crippen molar-refractivity contribution < 1.29 is 29.6 Å². The van der Waals surface area contributed by atoms with Crippen molar-refractivity contribution in [1.82, 2.24) is 5.32 Å². The van der Waals surface area contributed by atoms with Crippen LogP contribution in [0.25, 0.3) is 6.08 Å². The number of methoxy groups -OCH3 is 1. The molecule has 0 saturated carbocycles. The van der Waals surface area contributed by atoms with Crippen LogP contribution in [0.1, 0.15) is 18.4 Å².